The molecule has 7 heavy (non-hydrogen) atoms. The molecule has 0 amide bonds. The van der Waals surface area contributed by atoms with Crippen LogP contribution in [0, 0.1) is 0 Å². The minimum absolute atomic E-state index is 0.426. The quantitative estimate of drug-likeness (QED) is 0.467. The minimum atomic E-state index is 0.426. The number of halogens is 1. The van der Waals surface area contributed by atoms with E-state index < -0.39 is 0 Å². The highest BCUT2D eigenvalue weighted by atomic mass is 19.1. The Hall–Kier alpha value is -0.550. The third-order valence-electron chi connectivity index (χ3n) is 0.614. The van der Waals surface area contributed by atoms with E-state index in [2.05, 4.69) is 5.73 Å². The Morgan fingerprint density at radius 3 is 2.86 bits per heavy atom. The molecular formula is C6H9F. The summed E-state index contributed by atoms with van der Waals surface area (Å²) in [4.78, 5) is 0. The summed E-state index contributed by atoms with van der Waals surface area (Å²) >= 11 is 0. The van der Waals surface area contributed by atoms with Crippen molar-refractivity contribution in [3.05, 3.63) is 18.1 Å². The van der Waals surface area contributed by atoms with Crippen LogP contribution in [-0.4, -0.2) is 0 Å². The molecule has 0 aromatic rings. The van der Waals surface area contributed by atoms with Crippen molar-refractivity contribution in [2.45, 2.75) is 19.8 Å². The molecule has 0 fully saturated rings. The molecule has 0 rings (SSSR count). The van der Waals surface area contributed by atoms with Crippen LogP contribution in [0.1, 0.15) is 19.8 Å². The van der Waals surface area contributed by atoms with Crippen LogP contribution in [0.15, 0.2) is 18.1 Å². The zero-order valence-corrected chi connectivity index (χ0v) is 4.45. The van der Waals surface area contributed by atoms with Gasteiger partial charge in [-0.05, 0) is 12.5 Å². The van der Waals surface area contributed by atoms with Crippen molar-refractivity contribution in [3.63, 3.8) is 0 Å². The summed E-state index contributed by atoms with van der Waals surface area (Å²) in [5, 5.41) is 0. The highest BCUT2D eigenvalue weighted by Gasteiger charge is 1.65. The van der Waals surface area contributed by atoms with E-state index in [-0.39, 0.29) is 0 Å². The Morgan fingerprint density at radius 2 is 2.43 bits per heavy atom. The van der Waals surface area contributed by atoms with E-state index >= 15 is 0 Å². The predicted molar refractivity (Wildman–Crippen MR) is 28.7 cm³/mol. The molecule has 0 spiro atoms. The molecule has 0 aromatic heterocycles. The summed E-state index contributed by atoms with van der Waals surface area (Å²) in [5.41, 5.74) is 2.33. The number of allylic oxidation sites excluding steroid dienone is 1. The second kappa shape index (κ2) is 5.45. The normalized spacial score (nSPS) is 7.14. The van der Waals surface area contributed by atoms with Crippen LogP contribution < -0.4 is 0 Å². The fourth-order valence-electron chi connectivity index (χ4n) is 0.272. The molecule has 0 saturated carbocycles. The predicted octanol–water partition coefficient (Wildman–Crippen LogP) is 2.42. The molecule has 0 atom stereocenters. The molecule has 0 N–H and O–H groups in total. The van der Waals surface area contributed by atoms with Crippen molar-refractivity contribution in [2.24, 2.45) is 0 Å². The standard InChI is InChI=1S/C6H9F/c1-2-3-4-5-6-7/h4,6H,2-3H2,1H3. The highest BCUT2D eigenvalue weighted by Crippen LogP contribution is 1.84. The van der Waals surface area contributed by atoms with E-state index in [9.17, 15) is 4.39 Å². The first-order chi connectivity index (χ1) is 3.41. The molecule has 0 saturated heterocycles. The van der Waals surface area contributed by atoms with Gasteiger partial charge >= 0.3 is 0 Å². The Kier molecular flexibility index (Phi) is 5.02. The summed E-state index contributed by atoms with van der Waals surface area (Å²) in [6.45, 7) is 2.04. The third-order valence-corrected chi connectivity index (χ3v) is 0.614. The largest absolute Gasteiger partial charge is 0.206 e. The number of hydrogen-bond donors (Lipinski definition) is 0. The van der Waals surface area contributed by atoms with Crippen LogP contribution in [0.5, 0.6) is 0 Å². The molecule has 0 nitrogen and oxygen atoms in total. The Morgan fingerprint density at radius 1 is 1.71 bits per heavy atom. The molecule has 0 aromatic carbocycles. The fraction of sp³-hybridized carbons (Fsp3) is 0.500. The van der Waals surface area contributed by atoms with Crippen molar-refractivity contribution in [3.8, 4) is 0 Å². The van der Waals surface area contributed by atoms with Crippen LogP contribution in [0.3, 0.4) is 0 Å². The molecule has 0 aliphatic carbocycles. The number of rotatable bonds is 2. The maximum absolute atomic E-state index is 11.0. The van der Waals surface area contributed by atoms with Crippen LogP contribution in [0.4, 0.5) is 4.39 Å². The molecule has 0 aliphatic rings. The van der Waals surface area contributed by atoms with Crippen LogP contribution in [-0.2, 0) is 0 Å². The van der Waals surface area contributed by atoms with E-state index in [1.165, 1.54) is 0 Å². The summed E-state index contributed by atoms with van der Waals surface area (Å²) in [7, 11) is 0. The van der Waals surface area contributed by atoms with Gasteiger partial charge in [0.25, 0.3) is 0 Å². The van der Waals surface area contributed by atoms with E-state index in [0.29, 0.717) is 6.33 Å². The molecule has 0 aliphatic heterocycles. The summed E-state index contributed by atoms with van der Waals surface area (Å²) in [6, 6.07) is 0. The van der Waals surface area contributed by atoms with E-state index in [0.717, 1.165) is 12.8 Å². The monoisotopic (exact) mass is 100 g/mol. The van der Waals surface area contributed by atoms with Gasteiger partial charge in [0.1, 0.15) is 6.33 Å². The highest BCUT2D eigenvalue weighted by molar-refractivity contribution is 4.77. The van der Waals surface area contributed by atoms with Crippen molar-refractivity contribution >= 4 is 0 Å². The molecule has 0 radical (unpaired) electrons. The van der Waals surface area contributed by atoms with Gasteiger partial charge in [-0.15, -0.1) is 0 Å². The molecule has 0 bridgehead atoms. The van der Waals surface area contributed by atoms with Crippen LogP contribution in [0.2, 0.25) is 0 Å². The number of unbranched alkanes of at least 4 members (excludes halogenated alkanes) is 1. The summed E-state index contributed by atoms with van der Waals surface area (Å²) < 4.78 is 11.0. The van der Waals surface area contributed by atoms with Crippen molar-refractivity contribution < 1.29 is 4.39 Å². The molecule has 1 heteroatoms. The van der Waals surface area contributed by atoms with Gasteiger partial charge in [0.2, 0.25) is 0 Å². The molecule has 40 valence electrons. The maximum Gasteiger partial charge on any atom is 0.128 e. The summed E-state index contributed by atoms with van der Waals surface area (Å²) in [6.07, 6.45) is 4.08. The van der Waals surface area contributed by atoms with Gasteiger partial charge < -0.3 is 0 Å². The lowest BCUT2D eigenvalue weighted by Crippen LogP contribution is -1.54. The molecular weight excluding hydrogens is 91.1 g/mol. The van der Waals surface area contributed by atoms with Crippen molar-refractivity contribution in [2.75, 3.05) is 0 Å². The molecule has 0 heterocycles. The SMILES string of the molecule is CCCC=C=CF. The van der Waals surface area contributed by atoms with Crippen LogP contribution >= 0.6 is 0 Å². The lowest BCUT2D eigenvalue weighted by atomic mass is 10.3. The van der Waals surface area contributed by atoms with Gasteiger partial charge in [0.15, 0.2) is 0 Å². The zero-order valence-electron chi connectivity index (χ0n) is 4.45. The average molecular weight is 100 g/mol. The van der Waals surface area contributed by atoms with E-state index in [4.69, 9.17) is 0 Å². The number of hydrogen-bond acceptors (Lipinski definition) is 0. The second-order valence-corrected chi connectivity index (χ2v) is 1.27. The van der Waals surface area contributed by atoms with Gasteiger partial charge in [-0.25, -0.2) is 4.39 Å². The lowest BCUT2D eigenvalue weighted by molar-refractivity contribution is 0.722. The van der Waals surface area contributed by atoms with Gasteiger partial charge in [-0.3, -0.25) is 0 Å². The second-order valence-electron chi connectivity index (χ2n) is 1.27. The maximum atomic E-state index is 11.0. The fourth-order valence-corrected chi connectivity index (χ4v) is 0.272. The third kappa shape index (κ3) is 5.45. The topological polar surface area (TPSA) is 0 Å². The van der Waals surface area contributed by atoms with Gasteiger partial charge in [0, 0.05) is 0 Å². The van der Waals surface area contributed by atoms with Crippen LogP contribution in [0.25, 0.3) is 0 Å². The minimum Gasteiger partial charge on any atom is -0.206 e. The zero-order chi connectivity index (χ0) is 5.54. The Balaban J connectivity index is 3.10. The van der Waals surface area contributed by atoms with Gasteiger partial charge in [0.05, 0.1) is 0 Å². The first kappa shape index (κ1) is 6.45. The van der Waals surface area contributed by atoms with E-state index in [1.807, 2.05) is 6.92 Å². The smallest absolute Gasteiger partial charge is 0.128 e. The molecule has 0 unspecified atom stereocenters. The van der Waals surface area contributed by atoms with E-state index in [1.54, 1.807) is 6.08 Å². The lowest BCUT2D eigenvalue weighted by Gasteiger charge is -1.73. The Labute approximate surface area is 43.4 Å². The van der Waals surface area contributed by atoms with Gasteiger partial charge in [-0.2, -0.15) is 0 Å². The first-order valence-corrected chi connectivity index (χ1v) is 2.41. The Bertz CT molecular complexity index is 78.2. The van der Waals surface area contributed by atoms with Crippen molar-refractivity contribution in [1.82, 2.24) is 0 Å². The van der Waals surface area contributed by atoms with Gasteiger partial charge in [-0.1, -0.05) is 19.1 Å². The van der Waals surface area contributed by atoms with Crippen molar-refractivity contribution in [1.29, 1.82) is 0 Å². The first-order valence-electron chi connectivity index (χ1n) is 2.41. The average Bonchev–Trinajstić information content (AvgIpc) is 1.69. The summed E-state index contributed by atoms with van der Waals surface area (Å²) in [5.74, 6) is 0.